The Morgan fingerprint density at radius 3 is 2.15 bits per heavy atom. The van der Waals surface area contributed by atoms with Gasteiger partial charge >= 0.3 is 0 Å². The van der Waals surface area contributed by atoms with Gasteiger partial charge in [0.25, 0.3) is 0 Å². The minimum atomic E-state index is -0.0101. The van der Waals surface area contributed by atoms with Crippen LogP contribution in [0.5, 0.6) is 11.5 Å². The molecule has 2 aliphatic carbocycles. The van der Waals surface area contributed by atoms with Crippen molar-refractivity contribution in [1.29, 1.82) is 0 Å². The number of aromatic hydroxyl groups is 2. The SMILES string of the molecule is CC1=CC[C@@H](C(C)C)[C@H](c2c(O)cc(C(C)(C)C3CCCC3)cc2O)C1. The highest BCUT2D eigenvalue weighted by Crippen LogP contribution is 2.50. The summed E-state index contributed by atoms with van der Waals surface area (Å²) < 4.78 is 0. The molecular formula is C24H36O2. The molecule has 1 aromatic rings. The third-order valence-electron chi connectivity index (χ3n) is 7.28. The zero-order chi connectivity index (χ0) is 19.1. The fraction of sp³-hybridized carbons (Fsp3) is 0.667. The predicted molar refractivity (Wildman–Crippen MR) is 109 cm³/mol. The third kappa shape index (κ3) is 3.52. The van der Waals surface area contributed by atoms with E-state index in [-0.39, 0.29) is 22.8 Å². The van der Waals surface area contributed by atoms with Crippen molar-refractivity contribution in [2.45, 2.75) is 84.5 Å². The molecule has 0 amide bonds. The first kappa shape index (κ1) is 19.3. The Morgan fingerprint density at radius 1 is 1.04 bits per heavy atom. The maximum atomic E-state index is 10.9. The molecule has 2 N–H and O–H groups in total. The number of allylic oxidation sites excluding steroid dienone is 2. The van der Waals surface area contributed by atoms with Crippen molar-refractivity contribution in [1.82, 2.24) is 0 Å². The molecule has 26 heavy (non-hydrogen) atoms. The quantitative estimate of drug-likeness (QED) is 0.592. The molecule has 1 fully saturated rings. The monoisotopic (exact) mass is 356 g/mol. The van der Waals surface area contributed by atoms with E-state index in [4.69, 9.17) is 0 Å². The molecule has 0 aliphatic heterocycles. The molecule has 2 nitrogen and oxygen atoms in total. The zero-order valence-electron chi connectivity index (χ0n) is 17.2. The molecule has 0 aromatic heterocycles. The predicted octanol–water partition coefficient (Wildman–Crippen LogP) is 6.66. The van der Waals surface area contributed by atoms with Gasteiger partial charge in [0.15, 0.2) is 0 Å². The Morgan fingerprint density at radius 2 is 1.62 bits per heavy atom. The molecule has 3 rings (SSSR count). The van der Waals surface area contributed by atoms with Crippen LogP contribution in [0.15, 0.2) is 23.8 Å². The number of phenolic OH excluding ortho intramolecular Hbond substituents is 2. The summed E-state index contributed by atoms with van der Waals surface area (Å²) in [5, 5.41) is 21.9. The lowest BCUT2D eigenvalue weighted by atomic mass is 9.69. The standard InChI is InChI=1S/C24H36O2/c1-15(2)19-11-10-16(3)12-20(19)23-21(25)13-18(14-22(23)26)24(4,5)17-8-6-7-9-17/h10,13-15,17,19-20,25-26H,6-9,11-12H2,1-5H3/t19-,20+/m0/s1. The van der Waals surface area contributed by atoms with Crippen LogP contribution in [0, 0.1) is 17.8 Å². The first-order valence-corrected chi connectivity index (χ1v) is 10.4. The molecule has 0 unspecified atom stereocenters. The van der Waals surface area contributed by atoms with Gasteiger partial charge in [-0.1, -0.05) is 52.2 Å². The zero-order valence-corrected chi connectivity index (χ0v) is 17.2. The maximum Gasteiger partial charge on any atom is 0.123 e. The molecule has 1 saturated carbocycles. The normalized spacial score (nSPS) is 24.9. The van der Waals surface area contributed by atoms with Gasteiger partial charge in [-0.15, -0.1) is 0 Å². The first-order valence-electron chi connectivity index (χ1n) is 10.4. The van der Waals surface area contributed by atoms with E-state index in [0.717, 1.165) is 24.0 Å². The summed E-state index contributed by atoms with van der Waals surface area (Å²) in [5.74, 6) is 2.40. The van der Waals surface area contributed by atoms with Crippen LogP contribution >= 0.6 is 0 Å². The number of benzene rings is 1. The molecule has 0 radical (unpaired) electrons. The highest BCUT2D eigenvalue weighted by molar-refractivity contribution is 5.51. The average molecular weight is 357 g/mol. The van der Waals surface area contributed by atoms with E-state index in [1.807, 2.05) is 12.1 Å². The highest BCUT2D eigenvalue weighted by atomic mass is 16.3. The molecule has 0 heterocycles. The number of rotatable bonds is 4. The van der Waals surface area contributed by atoms with E-state index in [0.29, 0.717) is 17.8 Å². The molecule has 2 heteroatoms. The first-order chi connectivity index (χ1) is 12.2. The lowest BCUT2D eigenvalue weighted by Gasteiger charge is -2.36. The number of phenols is 2. The van der Waals surface area contributed by atoms with Crippen LogP contribution in [0.4, 0.5) is 0 Å². The summed E-state index contributed by atoms with van der Waals surface area (Å²) >= 11 is 0. The van der Waals surface area contributed by atoms with E-state index in [9.17, 15) is 10.2 Å². The largest absolute Gasteiger partial charge is 0.508 e. The molecule has 144 valence electrons. The number of hydrogen-bond donors (Lipinski definition) is 2. The smallest absolute Gasteiger partial charge is 0.123 e. The highest BCUT2D eigenvalue weighted by Gasteiger charge is 2.36. The molecule has 0 saturated heterocycles. The minimum absolute atomic E-state index is 0.0101. The van der Waals surface area contributed by atoms with E-state index in [1.165, 1.54) is 31.3 Å². The van der Waals surface area contributed by atoms with Crippen molar-refractivity contribution in [3.8, 4) is 11.5 Å². The van der Waals surface area contributed by atoms with E-state index >= 15 is 0 Å². The Labute approximate surface area is 159 Å². The molecule has 0 bridgehead atoms. The van der Waals surface area contributed by atoms with Gasteiger partial charge in [0.1, 0.15) is 11.5 Å². The van der Waals surface area contributed by atoms with E-state index in [2.05, 4.69) is 40.7 Å². The molecule has 2 atom stereocenters. The maximum absolute atomic E-state index is 10.9. The van der Waals surface area contributed by atoms with Crippen LogP contribution in [0.25, 0.3) is 0 Å². The van der Waals surface area contributed by atoms with Gasteiger partial charge in [0, 0.05) is 5.56 Å². The molecule has 0 spiro atoms. The molecular weight excluding hydrogens is 320 g/mol. The van der Waals surface area contributed by atoms with Crippen LogP contribution in [-0.4, -0.2) is 10.2 Å². The van der Waals surface area contributed by atoms with Gasteiger partial charge in [-0.25, -0.2) is 0 Å². The Kier molecular flexibility index (Phi) is 5.42. The van der Waals surface area contributed by atoms with Crippen molar-refractivity contribution >= 4 is 0 Å². The van der Waals surface area contributed by atoms with Gasteiger partial charge in [0.2, 0.25) is 0 Å². The minimum Gasteiger partial charge on any atom is -0.508 e. The van der Waals surface area contributed by atoms with Gasteiger partial charge in [-0.2, -0.15) is 0 Å². The fourth-order valence-corrected chi connectivity index (χ4v) is 5.39. The average Bonchev–Trinajstić information content (AvgIpc) is 3.09. The summed E-state index contributed by atoms with van der Waals surface area (Å²) in [5.41, 5.74) is 3.19. The summed E-state index contributed by atoms with van der Waals surface area (Å²) in [6, 6.07) is 3.89. The second-order valence-electron chi connectivity index (χ2n) is 9.64. The molecule has 1 aromatic carbocycles. The fourth-order valence-electron chi connectivity index (χ4n) is 5.39. The lowest BCUT2D eigenvalue weighted by molar-refractivity contribution is 0.289. The van der Waals surface area contributed by atoms with Gasteiger partial charge in [-0.3, -0.25) is 0 Å². The van der Waals surface area contributed by atoms with Crippen molar-refractivity contribution < 1.29 is 10.2 Å². The van der Waals surface area contributed by atoms with Crippen LogP contribution in [0.2, 0.25) is 0 Å². The van der Waals surface area contributed by atoms with Crippen LogP contribution in [-0.2, 0) is 5.41 Å². The second kappa shape index (κ2) is 7.29. The summed E-state index contributed by atoms with van der Waals surface area (Å²) in [7, 11) is 0. The van der Waals surface area contributed by atoms with Crippen LogP contribution in [0.1, 0.15) is 90.2 Å². The van der Waals surface area contributed by atoms with Crippen LogP contribution < -0.4 is 0 Å². The Hall–Kier alpha value is -1.44. The Bertz CT molecular complexity index is 654. The Balaban J connectivity index is 1.98. The topological polar surface area (TPSA) is 40.5 Å². The summed E-state index contributed by atoms with van der Waals surface area (Å²) in [4.78, 5) is 0. The second-order valence-corrected chi connectivity index (χ2v) is 9.64. The lowest BCUT2D eigenvalue weighted by Crippen LogP contribution is -2.27. The van der Waals surface area contributed by atoms with Gasteiger partial charge in [0.05, 0.1) is 0 Å². The summed E-state index contributed by atoms with van der Waals surface area (Å²) in [6.45, 7) is 11.2. The van der Waals surface area contributed by atoms with Crippen molar-refractivity contribution in [2.75, 3.05) is 0 Å². The van der Waals surface area contributed by atoms with E-state index in [1.54, 1.807) is 0 Å². The van der Waals surface area contributed by atoms with Crippen molar-refractivity contribution in [3.63, 3.8) is 0 Å². The number of hydrogen-bond acceptors (Lipinski definition) is 2. The third-order valence-corrected chi connectivity index (χ3v) is 7.28. The van der Waals surface area contributed by atoms with Crippen molar-refractivity contribution in [3.05, 3.63) is 34.9 Å². The summed E-state index contributed by atoms with van der Waals surface area (Å²) in [6.07, 6.45) is 9.38. The van der Waals surface area contributed by atoms with Crippen molar-refractivity contribution in [2.24, 2.45) is 17.8 Å². The van der Waals surface area contributed by atoms with Gasteiger partial charge < -0.3 is 10.2 Å². The van der Waals surface area contributed by atoms with Crippen LogP contribution in [0.3, 0.4) is 0 Å². The van der Waals surface area contributed by atoms with E-state index < -0.39 is 0 Å². The molecule has 2 aliphatic rings. The van der Waals surface area contributed by atoms with Gasteiger partial charge in [-0.05, 0) is 79.4 Å².